The number of thioether (sulfide) groups is 1. The number of nitriles is 1. The van der Waals surface area contributed by atoms with Gasteiger partial charge in [-0.1, -0.05) is 37.8 Å². The minimum atomic E-state index is -0.303. The molecule has 0 bridgehead atoms. The number of rotatable bonds is 10. The summed E-state index contributed by atoms with van der Waals surface area (Å²) >= 11 is 2.00. The van der Waals surface area contributed by atoms with E-state index < -0.39 is 0 Å². The molecule has 1 aromatic heterocycles. The average molecular weight is 590 g/mol. The van der Waals surface area contributed by atoms with Gasteiger partial charge in [-0.25, -0.2) is 0 Å². The molecule has 3 saturated heterocycles. The molecule has 5 atom stereocenters. The van der Waals surface area contributed by atoms with Crippen molar-refractivity contribution in [3.63, 3.8) is 0 Å². The summed E-state index contributed by atoms with van der Waals surface area (Å²) in [5.74, 6) is 2.49. The van der Waals surface area contributed by atoms with Crippen molar-refractivity contribution in [1.29, 1.82) is 5.26 Å². The Morgan fingerprint density at radius 1 is 1.26 bits per heavy atom. The number of piperazine rings is 1. The van der Waals surface area contributed by atoms with Crippen LogP contribution in [-0.4, -0.2) is 94.4 Å². The Bertz CT molecular complexity index is 1260. The summed E-state index contributed by atoms with van der Waals surface area (Å²) in [6, 6.07) is 2.42. The molecular formula is C32H41N6O3S. The van der Waals surface area contributed by atoms with Crippen LogP contribution in [0.2, 0.25) is 0 Å². The minimum absolute atomic E-state index is 0.179. The molecule has 42 heavy (non-hydrogen) atoms. The number of fused-ring (bicyclic) bond motifs is 1. The van der Waals surface area contributed by atoms with Gasteiger partial charge < -0.3 is 19.4 Å². The van der Waals surface area contributed by atoms with E-state index in [0.717, 1.165) is 44.1 Å². The van der Waals surface area contributed by atoms with Gasteiger partial charge >= 0.3 is 6.01 Å². The lowest BCUT2D eigenvalue weighted by atomic mass is 9.86. The summed E-state index contributed by atoms with van der Waals surface area (Å²) in [4.78, 5) is 40.6. The van der Waals surface area contributed by atoms with Gasteiger partial charge in [0.1, 0.15) is 18.1 Å². The standard InChI is InChI=1S/C32H41N6O3S/c1-4-30(40)38-17-16-37(19-24(38)13-14-33)31-26(11-12-28-22(2)18-23-8-5-6-10-29(23)42-28)27(20-39)34-32(35-31)41-21-25-9-7-15-36(25)3/h4-6,8,10,20,22,24-25,28-29H,1,7,9,11-13,15-19,21H2,2-3H3/t22?,24?,25?,28-,29?/m0/s1. The van der Waals surface area contributed by atoms with Crippen LogP contribution in [0, 0.1) is 23.2 Å². The second-order valence-corrected chi connectivity index (χ2v) is 13.1. The molecule has 4 unspecified atom stereocenters. The Labute approximate surface area is 253 Å². The van der Waals surface area contributed by atoms with Gasteiger partial charge in [-0.05, 0) is 57.7 Å². The first-order valence-corrected chi connectivity index (χ1v) is 16.0. The second kappa shape index (κ2) is 13.9. The van der Waals surface area contributed by atoms with Crippen molar-refractivity contribution in [3.8, 4) is 12.1 Å². The zero-order valence-corrected chi connectivity index (χ0v) is 25.5. The number of carbonyl (C=O) groups is 2. The highest BCUT2D eigenvalue weighted by molar-refractivity contribution is 8.00. The largest absolute Gasteiger partial charge is 0.462 e. The lowest BCUT2D eigenvalue weighted by molar-refractivity contribution is -0.128. The fourth-order valence-electron chi connectivity index (χ4n) is 6.57. The van der Waals surface area contributed by atoms with E-state index in [9.17, 15) is 14.9 Å². The first kappa shape index (κ1) is 30.3. The van der Waals surface area contributed by atoms with Gasteiger partial charge in [0.25, 0.3) is 0 Å². The van der Waals surface area contributed by atoms with E-state index in [1.165, 1.54) is 12.0 Å². The molecule has 9 nitrogen and oxygen atoms in total. The molecule has 1 radical (unpaired) electrons. The number of amides is 1. The number of aromatic nitrogens is 2. The molecule has 0 spiro atoms. The van der Waals surface area contributed by atoms with Gasteiger partial charge in [0.15, 0.2) is 6.29 Å². The van der Waals surface area contributed by atoms with E-state index >= 15 is 0 Å². The van der Waals surface area contributed by atoms with E-state index in [2.05, 4.69) is 65.7 Å². The number of likely N-dealkylation sites (tertiary alicyclic amines) is 1. The van der Waals surface area contributed by atoms with Gasteiger partial charge in [-0.3, -0.25) is 9.59 Å². The molecule has 223 valence electrons. The number of hydrogen-bond acceptors (Lipinski definition) is 9. The van der Waals surface area contributed by atoms with Crippen LogP contribution in [-0.2, 0) is 11.2 Å². The van der Waals surface area contributed by atoms with Crippen LogP contribution in [0.3, 0.4) is 0 Å². The van der Waals surface area contributed by atoms with Crippen molar-refractivity contribution >= 4 is 29.8 Å². The van der Waals surface area contributed by atoms with E-state index in [0.29, 0.717) is 66.6 Å². The highest BCUT2D eigenvalue weighted by Crippen LogP contribution is 2.45. The molecule has 1 aliphatic carbocycles. The quantitative estimate of drug-likeness (QED) is 0.296. The normalized spacial score (nSPS) is 27.9. The lowest BCUT2D eigenvalue weighted by Gasteiger charge is -2.41. The molecule has 0 aromatic carbocycles. The Morgan fingerprint density at radius 3 is 2.86 bits per heavy atom. The van der Waals surface area contributed by atoms with Crippen molar-refractivity contribution in [3.05, 3.63) is 54.1 Å². The Kier molecular flexibility index (Phi) is 10.0. The Balaban J connectivity index is 1.41. The van der Waals surface area contributed by atoms with Crippen LogP contribution >= 0.6 is 11.8 Å². The fraction of sp³-hybridized carbons (Fsp3) is 0.562. The van der Waals surface area contributed by atoms with Crippen molar-refractivity contribution < 1.29 is 14.3 Å². The predicted octanol–water partition coefficient (Wildman–Crippen LogP) is 4.02. The third-order valence-electron chi connectivity index (χ3n) is 9.02. The third kappa shape index (κ3) is 6.73. The van der Waals surface area contributed by atoms with Crippen molar-refractivity contribution in [2.24, 2.45) is 5.92 Å². The van der Waals surface area contributed by atoms with E-state index in [-0.39, 0.29) is 24.4 Å². The van der Waals surface area contributed by atoms with Gasteiger partial charge in [0.05, 0.1) is 18.5 Å². The van der Waals surface area contributed by atoms with Crippen LogP contribution in [0.4, 0.5) is 5.82 Å². The van der Waals surface area contributed by atoms with Crippen LogP contribution in [0.5, 0.6) is 6.01 Å². The smallest absolute Gasteiger partial charge is 0.319 e. The summed E-state index contributed by atoms with van der Waals surface area (Å²) in [6.07, 6.45) is 15.9. The molecular weight excluding hydrogens is 548 g/mol. The zero-order chi connectivity index (χ0) is 29.6. The van der Waals surface area contributed by atoms with E-state index in [1.54, 1.807) is 4.90 Å². The fourth-order valence-corrected chi connectivity index (χ4v) is 8.10. The minimum Gasteiger partial charge on any atom is -0.462 e. The second-order valence-electron chi connectivity index (χ2n) is 11.7. The molecule has 10 heteroatoms. The summed E-state index contributed by atoms with van der Waals surface area (Å²) in [5, 5.41) is 10.4. The van der Waals surface area contributed by atoms with Crippen molar-refractivity contribution in [2.75, 3.05) is 44.7 Å². The maximum Gasteiger partial charge on any atom is 0.319 e. The van der Waals surface area contributed by atoms with Gasteiger partial charge in [-0.15, -0.1) is 11.8 Å². The molecule has 5 rings (SSSR count). The first-order chi connectivity index (χ1) is 20.4. The van der Waals surface area contributed by atoms with Gasteiger partial charge in [-0.2, -0.15) is 15.2 Å². The molecule has 0 saturated carbocycles. The number of aldehydes is 1. The van der Waals surface area contributed by atoms with Crippen LogP contribution in [0.1, 0.15) is 55.1 Å². The number of hydrogen-bond donors (Lipinski definition) is 0. The number of ether oxygens (including phenoxy) is 1. The summed E-state index contributed by atoms with van der Waals surface area (Å²) in [6.45, 7) is 8.85. The lowest BCUT2D eigenvalue weighted by Crippen LogP contribution is -2.55. The highest BCUT2D eigenvalue weighted by atomic mass is 32.2. The average Bonchev–Trinajstić information content (AvgIpc) is 3.42. The van der Waals surface area contributed by atoms with Crippen LogP contribution < -0.4 is 9.64 Å². The third-order valence-corrected chi connectivity index (χ3v) is 10.8. The van der Waals surface area contributed by atoms with Gasteiger partial charge in [0.2, 0.25) is 5.91 Å². The SMILES string of the molecule is C=CC(=O)N1CCN(c2nc(OCC3CCCN3C)nc(C=O)c2CC[C@@H]2SC3C=CC=C[C]3CC2C)CC1CC#N. The monoisotopic (exact) mass is 589 g/mol. The summed E-state index contributed by atoms with van der Waals surface area (Å²) in [5.41, 5.74) is 1.17. The topological polar surface area (TPSA) is 103 Å². The molecule has 3 aliphatic heterocycles. The predicted molar refractivity (Wildman–Crippen MR) is 165 cm³/mol. The maximum atomic E-state index is 12.5. The van der Waals surface area contributed by atoms with E-state index in [4.69, 9.17) is 9.72 Å². The number of likely N-dealkylation sites (N-methyl/N-ethyl adjacent to an activating group) is 1. The zero-order valence-electron chi connectivity index (χ0n) is 24.7. The van der Waals surface area contributed by atoms with Crippen molar-refractivity contribution in [2.45, 2.75) is 68.0 Å². The molecule has 4 aliphatic rings. The Morgan fingerprint density at radius 2 is 2.12 bits per heavy atom. The van der Waals surface area contributed by atoms with Crippen molar-refractivity contribution in [1.82, 2.24) is 19.8 Å². The number of carbonyl (C=O) groups excluding carboxylic acids is 2. The molecule has 0 N–H and O–H groups in total. The molecule has 3 fully saturated rings. The summed E-state index contributed by atoms with van der Waals surface area (Å²) in [7, 11) is 2.09. The number of nitrogens with zero attached hydrogens (tertiary/aromatic N) is 6. The number of anilines is 1. The van der Waals surface area contributed by atoms with E-state index in [1.807, 2.05) is 11.8 Å². The molecule has 1 amide bonds. The molecule has 4 heterocycles. The summed E-state index contributed by atoms with van der Waals surface area (Å²) < 4.78 is 6.11. The Hall–Kier alpha value is -3.16. The molecule has 1 aromatic rings. The highest BCUT2D eigenvalue weighted by Gasteiger charge is 2.36. The first-order valence-electron chi connectivity index (χ1n) is 15.0. The van der Waals surface area contributed by atoms with Crippen LogP contribution in [0.15, 0.2) is 37.0 Å². The van der Waals surface area contributed by atoms with Crippen LogP contribution in [0.25, 0.3) is 0 Å². The van der Waals surface area contributed by atoms with Gasteiger partial charge in [0, 0.05) is 47.7 Å². The maximum absolute atomic E-state index is 12.5. The number of allylic oxidation sites excluding steroid dienone is 3.